The molecule has 0 aliphatic heterocycles. The van der Waals surface area contributed by atoms with E-state index >= 15 is 0 Å². The Morgan fingerprint density at radius 3 is 2.56 bits per heavy atom. The van der Waals surface area contributed by atoms with E-state index in [1.165, 1.54) is 0 Å². The molecule has 0 atom stereocenters. The van der Waals surface area contributed by atoms with Crippen molar-refractivity contribution in [2.45, 2.75) is 6.92 Å². The Balaban J connectivity index is 2.07. The molecule has 0 fully saturated rings. The van der Waals surface area contributed by atoms with Gasteiger partial charge in [0.15, 0.2) is 6.61 Å². The Hall–Kier alpha value is -1.80. The molecule has 0 N–H and O–H groups in total. The highest BCUT2D eigenvalue weighted by atomic mass is 35.5. The number of hydrogen-bond acceptors (Lipinski definition) is 2. The molecule has 0 heterocycles. The largest absolute Gasteiger partial charge is 0.485 e. The Labute approximate surface area is 111 Å². The summed E-state index contributed by atoms with van der Waals surface area (Å²) in [4.78, 5) is 12.0. The molecule has 18 heavy (non-hydrogen) atoms. The fourth-order valence-electron chi connectivity index (χ4n) is 1.65. The number of benzene rings is 2. The molecule has 0 aliphatic rings. The van der Waals surface area contributed by atoms with Gasteiger partial charge in [0.2, 0.25) is 5.78 Å². The molecule has 0 amide bonds. The zero-order valence-electron chi connectivity index (χ0n) is 10.0. The number of Topliss-reactive ketones (excluding diaryl/α,β-unsaturated/α-hetero) is 1. The van der Waals surface area contributed by atoms with Crippen LogP contribution >= 0.6 is 11.6 Å². The zero-order valence-corrected chi connectivity index (χ0v) is 10.8. The average molecular weight is 261 g/mol. The second-order valence-electron chi connectivity index (χ2n) is 3.94. The number of halogens is 1. The van der Waals surface area contributed by atoms with Crippen molar-refractivity contribution in [3.63, 3.8) is 0 Å². The summed E-state index contributed by atoms with van der Waals surface area (Å²) in [5.74, 6) is 0.615. The minimum absolute atomic E-state index is 0.0190. The summed E-state index contributed by atoms with van der Waals surface area (Å²) >= 11 is 5.98. The summed E-state index contributed by atoms with van der Waals surface area (Å²) in [7, 11) is 0. The van der Waals surface area contributed by atoms with Gasteiger partial charge in [0.05, 0.1) is 0 Å². The molecule has 2 aromatic rings. The smallest absolute Gasteiger partial charge is 0.200 e. The molecule has 0 saturated heterocycles. The summed E-state index contributed by atoms with van der Waals surface area (Å²) in [6.45, 7) is 1.85. The normalized spacial score (nSPS) is 10.1. The van der Waals surface area contributed by atoms with E-state index in [-0.39, 0.29) is 12.4 Å². The third-order valence-electron chi connectivity index (χ3n) is 2.68. The highest BCUT2D eigenvalue weighted by Crippen LogP contribution is 2.19. The molecule has 0 saturated carbocycles. The van der Waals surface area contributed by atoms with Crippen molar-refractivity contribution in [3.8, 4) is 5.75 Å². The zero-order chi connectivity index (χ0) is 13.0. The van der Waals surface area contributed by atoms with E-state index in [9.17, 15) is 4.79 Å². The van der Waals surface area contributed by atoms with Gasteiger partial charge in [-0.25, -0.2) is 0 Å². The lowest BCUT2D eigenvalue weighted by Gasteiger charge is -2.08. The first-order valence-electron chi connectivity index (χ1n) is 5.64. The number of para-hydroxylation sites is 1. The summed E-state index contributed by atoms with van der Waals surface area (Å²) in [5, 5.41) is 0.598. The molecule has 0 aliphatic carbocycles. The van der Waals surface area contributed by atoms with Gasteiger partial charge in [0.1, 0.15) is 5.75 Å². The van der Waals surface area contributed by atoms with Crippen molar-refractivity contribution in [2.24, 2.45) is 0 Å². The van der Waals surface area contributed by atoms with E-state index < -0.39 is 0 Å². The standard InChI is InChI=1S/C15H13ClO2/c1-11-13(8-5-9-14(11)16)15(17)10-18-12-6-3-2-4-7-12/h2-9H,10H2,1H3. The Bertz CT molecular complexity index is 550. The van der Waals surface area contributed by atoms with Crippen LogP contribution in [-0.4, -0.2) is 12.4 Å². The third-order valence-corrected chi connectivity index (χ3v) is 3.09. The first kappa shape index (κ1) is 12.7. The lowest BCUT2D eigenvalue weighted by atomic mass is 10.1. The predicted molar refractivity (Wildman–Crippen MR) is 72.5 cm³/mol. The molecule has 92 valence electrons. The van der Waals surface area contributed by atoms with Gasteiger partial charge in [-0.3, -0.25) is 4.79 Å². The lowest BCUT2D eigenvalue weighted by Crippen LogP contribution is -2.13. The van der Waals surface area contributed by atoms with Gasteiger partial charge >= 0.3 is 0 Å². The molecule has 0 aromatic heterocycles. The molecule has 2 rings (SSSR count). The van der Waals surface area contributed by atoms with E-state index in [1.54, 1.807) is 18.2 Å². The van der Waals surface area contributed by atoms with Crippen LogP contribution in [0.5, 0.6) is 5.75 Å². The quantitative estimate of drug-likeness (QED) is 0.779. The van der Waals surface area contributed by atoms with Crippen LogP contribution in [0.2, 0.25) is 5.02 Å². The van der Waals surface area contributed by atoms with Gasteiger partial charge in [-0.2, -0.15) is 0 Å². The first-order chi connectivity index (χ1) is 8.68. The van der Waals surface area contributed by atoms with Gasteiger partial charge in [0, 0.05) is 10.6 Å². The van der Waals surface area contributed by atoms with E-state index in [2.05, 4.69) is 0 Å². The van der Waals surface area contributed by atoms with Crippen LogP contribution in [0.15, 0.2) is 48.5 Å². The van der Waals surface area contributed by atoms with Gasteiger partial charge in [-0.1, -0.05) is 41.9 Å². The van der Waals surface area contributed by atoms with Crippen LogP contribution in [0.25, 0.3) is 0 Å². The maximum absolute atomic E-state index is 12.0. The Kier molecular flexibility index (Phi) is 4.00. The molecule has 0 spiro atoms. The van der Waals surface area contributed by atoms with E-state index in [0.29, 0.717) is 16.3 Å². The van der Waals surface area contributed by atoms with Crippen LogP contribution in [0.3, 0.4) is 0 Å². The fourth-order valence-corrected chi connectivity index (χ4v) is 1.83. The molecule has 2 aromatic carbocycles. The van der Waals surface area contributed by atoms with Gasteiger partial charge in [-0.05, 0) is 30.7 Å². The summed E-state index contributed by atoms with van der Waals surface area (Å²) in [6, 6.07) is 14.6. The Morgan fingerprint density at radius 2 is 1.83 bits per heavy atom. The molecular weight excluding hydrogens is 248 g/mol. The molecular formula is C15H13ClO2. The fraction of sp³-hybridized carbons (Fsp3) is 0.133. The van der Waals surface area contributed by atoms with Crippen LogP contribution in [0.1, 0.15) is 15.9 Å². The molecule has 0 unspecified atom stereocenters. The van der Waals surface area contributed by atoms with E-state index in [0.717, 1.165) is 5.56 Å². The number of ketones is 1. The highest BCUT2D eigenvalue weighted by Gasteiger charge is 2.11. The predicted octanol–water partition coefficient (Wildman–Crippen LogP) is 3.91. The third kappa shape index (κ3) is 2.90. The van der Waals surface area contributed by atoms with Gasteiger partial charge in [0.25, 0.3) is 0 Å². The average Bonchev–Trinajstić information content (AvgIpc) is 2.40. The summed E-state index contributed by atoms with van der Waals surface area (Å²) < 4.78 is 5.42. The van der Waals surface area contributed by atoms with Gasteiger partial charge < -0.3 is 4.74 Å². The van der Waals surface area contributed by atoms with Crippen molar-refractivity contribution in [1.82, 2.24) is 0 Å². The van der Waals surface area contributed by atoms with Crippen LogP contribution < -0.4 is 4.74 Å². The lowest BCUT2D eigenvalue weighted by molar-refractivity contribution is 0.0921. The molecule has 0 radical (unpaired) electrons. The number of carbonyl (C=O) groups excluding carboxylic acids is 1. The van der Waals surface area contributed by atoms with Crippen LogP contribution in [-0.2, 0) is 0 Å². The minimum atomic E-state index is -0.0705. The topological polar surface area (TPSA) is 26.3 Å². The second kappa shape index (κ2) is 5.69. The van der Waals surface area contributed by atoms with Crippen molar-refractivity contribution in [3.05, 3.63) is 64.7 Å². The van der Waals surface area contributed by atoms with Crippen LogP contribution in [0.4, 0.5) is 0 Å². The van der Waals surface area contributed by atoms with E-state index in [1.807, 2.05) is 37.3 Å². The summed E-state index contributed by atoms with van der Waals surface area (Å²) in [5.41, 5.74) is 1.40. The number of hydrogen-bond donors (Lipinski definition) is 0. The number of carbonyl (C=O) groups is 1. The van der Waals surface area contributed by atoms with Crippen molar-refractivity contribution >= 4 is 17.4 Å². The highest BCUT2D eigenvalue weighted by molar-refractivity contribution is 6.31. The maximum Gasteiger partial charge on any atom is 0.200 e. The minimum Gasteiger partial charge on any atom is -0.485 e. The van der Waals surface area contributed by atoms with Gasteiger partial charge in [-0.15, -0.1) is 0 Å². The van der Waals surface area contributed by atoms with Crippen molar-refractivity contribution < 1.29 is 9.53 Å². The number of ether oxygens (including phenoxy) is 1. The van der Waals surface area contributed by atoms with Crippen molar-refractivity contribution in [1.29, 1.82) is 0 Å². The van der Waals surface area contributed by atoms with Crippen molar-refractivity contribution in [2.75, 3.05) is 6.61 Å². The maximum atomic E-state index is 12.0. The first-order valence-corrected chi connectivity index (χ1v) is 6.02. The summed E-state index contributed by atoms with van der Waals surface area (Å²) in [6.07, 6.45) is 0. The second-order valence-corrected chi connectivity index (χ2v) is 4.34. The van der Waals surface area contributed by atoms with E-state index in [4.69, 9.17) is 16.3 Å². The molecule has 0 bridgehead atoms. The molecule has 3 heteroatoms. The molecule has 2 nitrogen and oxygen atoms in total. The monoisotopic (exact) mass is 260 g/mol. The Morgan fingerprint density at radius 1 is 1.11 bits per heavy atom. The number of rotatable bonds is 4. The SMILES string of the molecule is Cc1c(Cl)cccc1C(=O)COc1ccccc1. The van der Waals surface area contributed by atoms with Crippen LogP contribution in [0, 0.1) is 6.92 Å².